The Labute approximate surface area is 136 Å². The molecule has 0 radical (unpaired) electrons. The Balaban J connectivity index is 1.63. The quantitative estimate of drug-likeness (QED) is 0.941. The predicted molar refractivity (Wildman–Crippen MR) is 89.8 cm³/mol. The SMILES string of the molecule is N[C@H](C(=O)N1CCO[C@@H](Cc2ccccc2)C1)c1ccccc1. The number of rotatable bonds is 4. The maximum atomic E-state index is 12.6. The molecule has 4 nitrogen and oxygen atoms in total. The number of nitrogens with two attached hydrogens (primary N) is 1. The lowest BCUT2D eigenvalue weighted by atomic mass is 10.0. The van der Waals surface area contributed by atoms with E-state index >= 15 is 0 Å². The monoisotopic (exact) mass is 310 g/mol. The lowest BCUT2D eigenvalue weighted by Crippen LogP contribution is -2.49. The van der Waals surface area contributed by atoms with Crippen molar-refractivity contribution < 1.29 is 9.53 Å². The first-order valence-electron chi connectivity index (χ1n) is 7.99. The van der Waals surface area contributed by atoms with Crippen LogP contribution >= 0.6 is 0 Å². The highest BCUT2D eigenvalue weighted by molar-refractivity contribution is 5.83. The van der Waals surface area contributed by atoms with Crippen molar-refractivity contribution >= 4 is 5.91 Å². The van der Waals surface area contributed by atoms with E-state index in [1.165, 1.54) is 5.56 Å². The van der Waals surface area contributed by atoms with Gasteiger partial charge in [-0.3, -0.25) is 4.79 Å². The van der Waals surface area contributed by atoms with E-state index in [-0.39, 0.29) is 12.0 Å². The third kappa shape index (κ3) is 3.97. The Morgan fingerprint density at radius 3 is 2.48 bits per heavy atom. The average Bonchev–Trinajstić information content (AvgIpc) is 2.62. The van der Waals surface area contributed by atoms with Gasteiger partial charge in [-0.15, -0.1) is 0 Å². The summed E-state index contributed by atoms with van der Waals surface area (Å²) in [5.74, 6) is -0.0300. The van der Waals surface area contributed by atoms with Gasteiger partial charge in [0.1, 0.15) is 6.04 Å². The van der Waals surface area contributed by atoms with Crippen molar-refractivity contribution in [3.8, 4) is 0 Å². The summed E-state index contributed by atoms with van der Waals surface area (Å²) in [6, 6.07) is 19.1. The van der Waals surface area contributed by atoms with Crippen molar-refractivity contribution in [2.75, 3.05) is 19.7 Å². The first-order chi connectivity index (χ1) is 11.2. The molecule has 1 amide bonds. The van der Waals surface area contributed by atoms with E-state index in [0.29, 0.717) is 19.7 Å². The van der Waals surface area contributed by atoms with Crippen LogP contribution in [0.2, 0.25) is 0 Å². The fourth-order valence-corrected chi connectivity index (χ4v) is 2.92. The van der Waals surface area contributed by atoms with E-state index < -0.39 is 6.04 Å². The van der Waals surface area contributed by atoms with Gasteiger partial charge >= 0.3 is 0 Å². The van der Waals surface area contributed by atoms with Gasteiger partial charge in [-0.05, 0) is 11.1 Å². The first kappa shape index (κ1) is 15.7. The van der Waals surface area contributed by atoms with Crippen molar-refractivity contribution in [2.24, 2.45) is 5.73 Å². The van der Waals surface area contributed by atoms with Crippen molar-refractivity contribution in [3.05, 3.63) is 71.8 Å². The number of morpholine rings is 1. The Hall–Kier alpha value is -2.17. The van der Waals surface area contributed by atoms with E-state index in [1.54, 1.807) is 0 Å². The van der Waals surface area contributed by atoms with Crippen LogP contribution < -0.4 is 5.73 Å². The Bertz CT molecular complexity index is 630. The van der Waals surface area contributed by atoms with Gasteiger partial charge in [-0.2, -0.15) is 0 Å². The van der Waals surface area contributed by atoms with Crippen molar-refractivity contribution in [3.63, 3.8) is 0 Å². The molecule has 0 aliphatic carbocycles. The summed E-state index contributed by atoms with van der Waals surface area (Å²) in [6.07, 6.45) is 0.837. The van der Waals surface area contributed by atoms with Crippen molar-refractivity contribution in [1.29, 1.82) is 0 Å². The molecule has 1 heterocycles. The third-order valence-electron chi connectivity index (χ3n) is 4.18. The summed E-state index contributed by atoms with van der Waals surface area (Å²) >= 11 is 0. The molecule has 1 fully saturated rings. The van der Waals surface area contributed by atoms with Crippen LogP contribution in [0.3, 0.4) is 0 Å². The van der Waals surface area contributed by atoms with Gasteiger partial charge in [0.05, 0.1) is 12.7 Å². The topological polar surface area (TPSA) is 55.6 Å². The molecule has 2 atom stereocenters. The van der Waals surface area contributed by atoms with Gasteiger partial charge in [0.15, 0.2) is 0 Å². The second-order valence-electron chi connectivity index (χ2n) is 5.86. The summed E-state index contributed by atoms with van der Waals surface area (Å²) < 4.78 is 5.81. The first-order valence-corrected chi connectivity index (χ1v) is 7.99. The number of hydrogen-bond donors (Lipinski definition) is 1. The molecule has 0 bridgehead atoms. The number of carbonyl (C=O) groups is 1. The van der Waals surface area contributed by atoms with Crippen LogP contribution in [-0.4, -0.2) is 36.6 Å². The van der Waals surface area contributed by atoms with E-state index in [0.717, 1.165) is 12.0 Å². The number of hydrogen-bond acceptors (Lipinski definition) is 3. The lowest BCUT2D eigenvalue weighted by Gasteiger charge is -2.34. The zero-order valence-corrected chi connectivity index (χ0v) is 13.1. The van der Waals surface area contributed by atoms with Gasteiger partial charge in [-0.1, -0.05) is 60.7 Å². The molecule has 23 heavy (non-hydrogen) atoms. The molecule has 0 saturated carbocycles. The summed E-state index contributed by atoms with van der Waals surface area (Å²) in [5, 5.41) is 0. The Morgan fingerprint density at radius 2 is 1.78 bits per heavy atom. The molecule has 2 aromatic rings. The molecule has 1 aliphatic rings. The molecule has 1 saturated heterocycles. The highest BCUT2D eigenvalue weighted by Gasteiger charge is 2.28. The molecule has 0 aromatic heterocycles. The van der Waals surface area contributed by atoms with Crippen LogP contribution in [0.25, 0.3) is 0 Å². The van der Waals surface area contributed by atoms with Gasteiger partial charge in [0, 0.05) is 19.5 Å². The number of carbonyl (C=O) groups excluding carboxylic acids is 1. The minimum Gasteiger partial charge on any atom is -0.374 e. The van der Waals surface area contributed by atoms with Crippen LogP contribution in [0.4, 0.5) is 0 Å². The second kappa shape index (κ2) is 7.40. The summed E-state index contributed by atoms with van der Waals surface area (Å²) in [7, 11) is 0. The summed E-state index contributed by atoms with van der Waals surface area (Å²) in [6.45, 7) is 1.75. The smallest absolute Gasteiger partial charge is 0.244 e. The largest absolute Gasteiger partial charge is 0.374 e. The lowest BCUT2D eigenvalue weighted by molar-refractivity contribution is -0.140. The fraction of sp³-hybridized carbons (Fsp3) is 0.316. The minimum atomic E-state index is -0.605. The van der Waals surface area contributed by atoms with Crippen LogP contribution in [0.5, 0.6) is 0 Å². The number of benzene rings is 2. The molecule has 1 aliphatic heterocycles. The molecule has 0 unspecified atom stereocenters. The van der Waals surface area contributed by atoms with Crippen LogP contribution in [-0.2, 0) is 16.0 Å². The zero-order chi connectivity index (χ0) is 16.1. The van der Waals surface area contributed by atoms with Crippen molar-refractivity contribution in [1.82, 2.24) is 4.90 Å². The molecular weight excluding hydrogens is 288 g/mol. The van der Waals surface area contributed by atoms with E-state index in [4.69, 9.17) is 10.5 Å². The third-order valence-corrected chi connectivity index (χ3v) is 4.18. The molecule has 2 aromatic carbocycles. The standard InChI is InChI=1S/C19H22N2O2/c20-18(16-9-5-2-6-10-16)19(22)21-11-12-23-17(14-21)13-15-7-3-1-4-8-15/h1-10,17-18H,11-14,20H2/t17-,18-/m0/s1. The Kier molecular flexibility index (Phi) is 5.05. The van der Waals surface area contributed by atoms with Crippen LogP contribution in [0.15, 0.2) is 60.7 Å². The van der Waals surface area contributed by atoms with Gasteiger partial charge in [0.2, 0.25) is 5.91 Å². The van der Waals surface area contributed by atoms with E-state index in [2.05, 4.69) is 12.1 Å². The number of nitrogens with zero attached hydrogens (tertiary/aromatic N) is 1. The van der Waals surface area contributed by atoms with Crippen LogP contribution in [0.1, 0.15) is 17.2 Å². The van der Waals surface area contributed by atoms with Crippen LogP contribution in [0, 0.1) is 0 Å². The van der Waals surface area contributed by atoms with E-state index in [1.807, 2.05) is 53.4 Å². The zero-order valence-electron chi connectivity index (χ0n) is 13.1. The molecule has 4 heteroatoms. The summed E-state index contributed by atoms with van der Waals surface area (Å²) in [4.78, 5) is 14.5. The van der Waals surface area contributed by atoms with Gasteiger partial charge in [-0.25, -0.2) is 0 Å². The molecule has 3 rings (SSSR count). The van der Waals surface area contributed by atoms with Crippen molar-refractivity contribution in [2.45, 2.75) is 18.6 Å². The molecule has 0 spiro atoms. The normalized spacial score (nSPS) is 19.3. The summed E-state index contributed by atoms with van der Waals surface area (Å²) in [5.41, 5.74) is 8.21. The minimum absolute atomic E-state index is 0.0260. The van der Waals surface area contributed by atoms with Gasteiger partial charge < -0.3 is 15.4 Å². The highest BCUT2D eigenvalue weighted by Crippen LogP contribution is 2.17. The van der Waals surface area contributed by atoms with E-state index in [9.17, 15) is 4.79 Å². The highest BCUT2D eigenvalue weighted by atomic mass is 16.5. The maximum absolute atomic E-state index is 12.6. The molecular formula is C19H22N2O2. The average molecular weight is 310 g/mol. The predicted octanol–water partition coefficient (Wildman–Crippen LogP) is 2.16. The Morgan fingerprint density at radius 1 is 1.13 bits per heavy atom. The van der Waals surface area contributed by atoms with Gasteiger partial charge in [0.25, 0.3) is 0 Å². The fourth-order valence-electron chi connectivity index (χ4n) is 2.92. The maximum Gasteiger partial charge on any atom is 0.244 e. The molecule has 2 N–H and O–H groups in total. The number of amides is 1. The number of ether oxygens (including phenoxy) is 1. The second-order valence-corrected chi connectivity index (χ2v) is 5.86. The molecule has 120 valence electrons.